The van der Waals surface area contributed by atoms with Crippen molar-refractivity contribution in [2.75, 3.05) is 4.90 Å². The lowest BCUT2D eigenvalue weighted by Gasteiger charge is -2.48. The summed E-state index contributed by atoms with van der Waals surface area (Å²) >= 11 is 0. The van der Waals surface area contributed by atoms with E-state index in [2.05, 4.69) is 254 Å². The number of benzene rings is 10. The lowest BCUT2D eigenvalue weighted by molar-refractivity contribution is 0.633. The minimum atomic E-state index is -0.589. The van der Waals surface area contributed by atoms with E-state index in [1.807, 2.05) is 0 Å². The minimum Gasteiger partial charge on any atom is -0.309 e. The average Bonchev–Trinajstić information content (AvgIpc) is 3.83. The molecule has 0 aliphatic heterocycles. The summed E-state index contributed by atoms with van der Waals surface area (Å²) in [5.41, 5.74) is 22.9. The van der Waals surface area contributed by atoms with Gasteiger partial charge in [0.1, 0.15) is 0 Å². The average molecular weight is 800 g/mol. The largest absolute Gasteiger partial charge is 0.309 e. The van der Waals surface area contributed by atoms with Gasteiger partial charge in [-0.15, -0.1) is 0 Å². The number of hydrogen-bond donors (Lipinski definition) is 0. The molecule has 0 heterocycles. The van der Waals surface area contributed by atoms with Gasteiger partial charge < -0.3 is 4.90 Å². The maximum atomic E-state index is 2.51. The van der Waals surface area contributed by atoms with E-state index >= 15 is 0 Å². The number of anilines is 3. The third-order valence-electron chi connectivity index (χ3n) is 14.2. The summed E-state index contributed by atoms with van der Waals surface area (Å²) in [6.45, 7) is 0. The molecular formula is C62H41N. The maximum absolute atomic E-state index is 2.51. The summed E-state index contributed by atoms with van der Waals surface area (Å²) in [7, 11) is 0. The molecule has 0 saturated carbocycles. The third kappa shape index (κ3) is 4.82. The van der Waals surface area contributed by atoms with Gasteiger partial charge in [-0.05, 0) is 108 Å². The predicted octanol–water partition coefficient (Wildman–Crippen LogP) is 15.5. The van der Waals surface area contributed by atoms with Crippen LogP contribution in [0.15, 0.2) is 249 Å². The van der Waals surface area contributed by atoms with E-state index in [0.29, 0.717) is 0 Å². The summed E-state index contributed by atoms with van der Waals surface area (Å²) in [5, 5.41) is 0. The quantitative estimate of drug-likeness (QED) is 0.168. The zero-order valence-electron chi connectivity index (χ0n) is 34.6. The first-order chi connectivity index (χ1) is 31.3. The van der Waals surface area contributed by atoms with Crippen molar-refractivity contribution in [3.05, 3.63) is 293 Å². The Bertz CT molecular complexity index is 3310. The summed E-state index contributed by atoms with van der Waals surface area (Å²) in [6, 6.07) is 92.8. The van der Waals surface area contributed by atoms with Crippen LogP contribution in [-0.4, -0.2) is 0 Å². The lowest BCUT2D eigenvalue weighted by atomic mass is 9.52. The highest BCUT2D eigenvalue weighted by Crippen LogP contribution is 2.68. The first-order valence-electron chi connectivity index (χ1n) is 22.0. The molecule has 63 heavy (non-hydrogen) atoms. The zero-order chi connectivity index (χ0) is 41.5. The molecule has 0 radical (unpaired) electrons. The van der Waals surface area contributed by atoms with E-state index in [1.165, 1.54) is 89.0 Å². The zero-order valence-corrected chi connectivity index (χ0v) is 34.6. The summed E-state index contributed by atoms with van der Waals surface area (Å²) in [5.74, 6) is 0. The van der Waals surface area contributed by atoms with Gasteiger partial charge in [-0.1, -0.05) is 218 Å². The van der Waals surface area contributed by atoms with Gasteiger partial charge >= 0.3 is 0 Å². The molecule has 0 saturated heterocycles. The van der Waals surface area contributed by atoms with Gasteiger partial charge in [0, 0.05) is 16.8 Å². The number of para-hydroxylation sites is 1. The van der Waals surface area contributed by atoms with Crippen LogP contribution in [-0.2, 0) is 10.8 Å². The Kier molecular flexibility index (Phi) is 7.80. The van der Waals surface area contributed by atoms with Crippen LogP contribution in [0, 0.1) is 0 Å². The molecule has 0 fully saturated rings. The van der Waals surface area contributed by atoms with Crippen LogP contribution in [0.2, 0.25) is 0 Å². The van der Waals surface area contributed by atoms with E-state index in [4.69, 9.17) is 0 Å². The SMILES string of the molecule is c1ccc(-c2ccc(N(c3ccccc3)c3cccc4c3-c3ccccc3C43c4ccccc4C4(c5ccccc5-c5ccccc54)c4ccccc43)c(-c3ccccc3)c2)cc1. The molecule has 0 bridgehead atoms. The Morgan fingerprint density at radius 3 is 1.21 bits per heavy atom. The Hall–Kier alpha value is -8.00. The first-order valence-corrected chi connectivity index (χ1v) is 22.0. The molecule has 13 rings (SSSR count). The van der Waals surface area contributed by atoms with Crippen molar-refractivity contribution in [3.63, 3.8) is 0 Å². The summed E-state index contributed by atoms with van der Waals surface area (Å²) in [6.07, 6.45) is 0. The second-order valence-corrected chi connectivity index (χ2v) is 17.1. The van der Waals surface area contributed by atoms with Crippen molar-refractivity contribution in [2.45, 2.75) is 10.8 Å². The van der Waals surface area contributed by atoms with Crippen molar-refractivity contribution in [1.82, 2.24) is 0 Å². The van der Waals surface area contributed by atoms with Crippen molar-refractivity contribution in [1.29, 1.82) is 0 Å². The van der Waals surface area contributed by atoms with Gasteiger partial charge in [0.15, 0.2) is 0 Å². The van der Waals surface area contributed by atoms with Crippen molar-refractivity contribution >= 4 is 17.1 Å². The highest BCUT2D eigenvalue weighted by molar-refractivity contribution is 6.01. The molecule has 0 aromatic heterocycles. The number of fused-ring (bicyclic) bond motifs is 16. The summed E-state index contributed by atoms with van der Waals surface area (Å²) in [4.78, 5) is 2.51. The van der Waals surface area contributed by atoms with Crippen LogP contribution in [0.3, 0.4) is 0 Å². The Balaban J connectivity index is 1.13. The van der Waals surface area contributed by atoms with Crippen molar-refractivity contribution < 1.29 is 0 Å². The fourth-order valence-electron chi connectivity index (χ4n) is 11.8. The van der Waals surface area contributed by atoms with E-state index in [-0.39, 0.29) is 0 Å². The number of hydrogen-bond acceptors (Lipinski definition) is 1. The molecule has 10 aromatic carbocycles. The maximum Gasteiger partial charge on any atom is 0.0720 e. The van der Waals surface area contributed by atoms with Crippen LogP contribution in [0.1, 0.15) is 44.5 Å². The topological polar surface area (TPSA) is 3.24 Å². The molecule has 3 aliphatic carbocycles. The van der Waals surface area contributed by atoms with E-state index in [0.717, 1.165) is 17.1 Å². The molecule has 1 heteroatoms. The fourth-order valence-corrected chi connectivity index (χ4v) is 11.8. The molecule has 1 nitrogen and oxygen atoms in total. The van der Waals surface area contributed by atoms with E-state index in [1.54, 1.807) is 0 Å². The number of rotatable bonds is 5. The lowest BCUT2D eigenvalue weighted by Crippen LogP contribution is -2.43. The van der Waals surface area contributed by atoms with Gasteiger partial charge in [-0.2, -0.15) is 0 Å². The van der Waals surface area contributed by atoms with Crippen molar-refractivity contribution in [3.8, 4) is 44.5 Å². The molecule has 3 aliphatic rings. The smallest absolute Gasteiger partial charge is 0.0720 e. The van der Waals surface area contributed by atoms with Gasteiger partial charge in [0.2, 0.25) is 0 Å². The van der Waals surface area contributed by atoms with E-state index < -0.39 is 10.8 Å². The fraction of sp³-hybridized carbons (Fsp3) is 0.0323. The normalized spacial score (nSPS) is 14.0. The van der Waals surface area contributed by atoms with Gasteiger partial charge in [-0.25, -0.2) is 0 Å². The van der Waals surface area contributed by atoms with Crippen LogP contribution >= 0.6 is 0 Å². The molecule has 10 aromatic rings. The second kappa shape index (κ2) is 13.8. The molecule has 294 valence electrons. The first kappa shape index (κ1) is 35.7. The van der Waals surface area contributed by atoms with Crippen LogP contribution in [0.4, 0.5) is 17.1 Å². The molecular weight excluding hydrogens is 759 g/mol. The Labute approximate surface area is 368 Å². The molecule has 0 atom stereocenters. The highest BCUT2D eigenvalue weighted by atomic mass is 15.1. The van der Waals surface area contributed by atoms with E-state index in [9.17, 15) is 0 Å². The van der Waals surface area contributed by atoms with Crippen LogP contribution in [0.5, 0.6) is 0 Å². The van der Waals surface area contributed by atoms with Gasteiger partial charge in [0.25, 0.3) is 0 Å². The Morgan fingerprint density at radius 2 is 0.651 bits per heavy atom. The molecule has 2 spiro atoms. The minimum absolute atomic E-state index is 0.484. The molecule has 0 amide bonds. The highest BCUT2D eigenvalue weighted by Gasteiger charge is 2.59. The second-order valence-electron chi connectivity index (χ2n) is 17.1. The summed E-state index contributed by atoms with van der Waals surface area (Å²) < 4.78 is 0. The Morgan fingerprint density at radius 1 is 0.238 bits per heavy atom. The van der Waals surface area contributed by atoms with Crippen LogP contribution < -0.4 is 4.90 Å². The predicted molar refractivity (Wildman–Crippen MR) is 260 cm³/mol. The van der Waals surface area contributed by atoms with Gasteiger partial charge in [0.05, 0.1) is 22.2 Å². The number of nitrogens with zero attached hydrogens (tertiary/aromatic N) is 1. The van der Waals surface area contributed by atoms with Crippen LogP contribution in [0.25, 0.3) is 44.5 Å². The standard InChI is InChI=1S/C62H41N/c1-4-21-42(22-5-1)44-39-40-58(49(41-44)43-23-6-2-7-24-43)63(45-25-8-3-9-26-45)59-38-20-37-57-60(59)48-29-12-15-32-52(48)62(57)55-35-18-16-33-53(55)61(54-34-17-19-36-56(54)62)50-30-13-10-27-46(50)47-28-11-14-31-51(47)61/h1-41H. The molecule has 0 unspecified atom stereocenters. The van der Waals surface area contributed by atoms with Gasteiger partial charge in [-0.3, -0.25) is 0 Å². The van der Waals surface area contributed by atoms with Crippen molar-refractivity contribution in [2.24, 2.45) is 0 Å². The molecule has 0 N–H and O–H groups in total. The third-order valence-corrected chi connectivity index (χ3v) is 14.2. The monoisotopic (exact) mass is 799 g/mol.